The zero-order chi connectivity index (χ0) is 13.9. The van der Waals surface area contributed by atoms with Gasteiger partial charge < -0.3 is 5.11 Å². The summed E-state index contributed by atoms with van der Waals surface area (Å²) in [6.45, 7) is 4.54. The zero-order valence-electron chi connectivity index (χ0n) is 11.7. The van der Waals surface area contributed by atoms with E-state index >= 15 is 0 Å². The Balaban J connectivity index is 2.22. The number of rotatable bonds is 5. The van der Waals surface area contributed by atoms with E-state index in [4.69, 9.17) is 0 Å². The molecule has 1 unspecified atom stereocenters. The number of carboxylic acids is 1. The highest BCUT2D eigenvalue weighted by Crippen LogP contribution is 2.38. The van der Waals surface area contributed by atoms with Crippen molar-refractivity contribution in [2.75, 3.05) is 0 Å². The van der Waals surface area contributed by atoms with Gasteiger partial charge in [0.15, 0.2) is 5.82 Å². The molecule has 6 nitrogen and oxygen atoms in total. The topological polar surface area (TPSA) is 80.9 Å². The molecule has 2 rings (SSSR count). The van der Waals surface area contributed by atoms with Crippen LogP contribution in [0.15, 0.2) is 0 Å². The summed E-state index contributed by atoms with van der Waals surface area (Å²) in [4.78, 5) is 11.7. The van der Waals surface area contributed by atoms with E-state index < -0.39 is 11.4 Å². The molecule has 0 spiro atoms. The maximum atomic E-state index is 11.7. The van der Waals surface area contributed by atoms with E-state index in [0.717, 1.165) is 44.3 Å². The lowest BCUT2D eigenvalue weighted by Crippen LogP contribution is -2.38. The number of hydrogen-bond acceptors (Lipinski definition) is 4. The maximum absolute atomic E-state index is 11.7. The Hall–Kier alpha value is -1.46. The van der Waals surface area contributed by atoms with Gasteiger partial charge in [-0.3, -0.25) is 4.79 Å². The summed E-state index contributed by atoms with van der Waals surface area (Å²) in [5.41, 5.74) is -0.685. The molecule has 0 bridgehead atoms. The normalized spacial score (nSPS) is 20.1. The highest BCUT2D eigenvalue weighted by Gasteiger charge is 2.41. The van der Waals surface area contributed by atoms with Crippen LogP contribution in [-0.2, 0) is 11.3 Å². The van der Waals surface area contributed by atoms with Crippen molar-refractivity contribution in [2.24, 2.45) is 5.41 Å². The number of hydrogen-bond donors (Lipinski definition) is 1. The summed E-state index contributed by atoms with van der Waals surface area (Å²) in [5, 5.41) is 21.4. The van der Waals surface area contributed by atoms with E-state index in [0.29, 0.717) is 6.54 Å². The third kappa shape index (κ3) is 2.77. The number of aliphatic carboxylic acids is 1. The van der Waals surface area contributed by atoms with Crippen LogP contribution in [0.3, 0.4) is 0 Å². The summed E-state index contributed by atoms with van der Waals surface area (Å²) in [7, 11) is 0. The highest BCUT2D eigenvalue weighted by atomic mass is 16.4. The van der Waals surface area contributed by atoms with Crippen LogP contribution < -0.4 is 0 Å². The van der Waals surface area contributed by atoms with Crippen molar-refractivity contribution >= 4 is 5.97 Å². The van der Waals surface area contributed by atoms with Crippen LogP contribution in [0.2, 0.25) is 0 Å². The first kappa shape index (κ1) is 14.0. The van der Waals surface area contributed by atoms with Crippen LogP contribution in [0, 0.1) is 5.41 Å². The molecule has 106 valence electrons. The first-order chi connectivity index (χ1) is 9.09. The molecule has 1 aliphatic rings. The van der Waals surface area contributed by atoms with Crippen molar-refractivity contribution in [1.82, 2.24) is 20.2 Å². The number of tetrazole rings is 1. The minimum Gasteiger partial charge on any atom is -0.481 e. The van der Waals surface area contributed by atoms with Crippen molar-refractivity contribution in [1.29, 1.82) is 0 Å². The van der Waals surface area contributed by atoms with Crippen LogP contribution in [0.1, 0.15) is 64.1 Å². The van der Waals surface area contributed by atoms with Gasteiger partial charge in [0.25, 0.3) is 0 Å². The summed E-state index contributed by atoms with van der Waals surface area (Å²) >= 11 is 0. The molecule has 1 aromatic heterocycles. The van der Waals surface area contributed by atoms with Gasteiger partial charge in [-0.05, 0) is 29.7 Å². The van der Waals surface area contributed by atoms with Gasteiger partial charge in [-0.2, -0.15) is 0 Å². The predicted octanol–water partition coefficient (Wildman–Crippen LogP) is 2.22. The molecule has 0 radical (unpaired) electrons. The molecule has 1 saturated carbocycles. The molecule has 1 heterocycles. The van der Waals surface area contributed by atoms with Gasteiger partial charge in [0.2, 0.25) is 0 Å². The van der Waals surface area contributed by atoms with Crippen LogP contribution in [0.4, 0.5) is 0 Å². The molecule has 1 aromatic rings. The first-order valence-electron chi connectivity index (χ1n) is 7.08. The van der Waals surface area contributed by atoms with Gasteiger partial charge in [0.05, 0.1) is 12.0 Å². The Labute approximate surface area is 113 Å². The van der Waals surface area contributed by atoms with Crippen molar-refractivity contribution in [3.8, 4) is 0 Å². The van der Waals surface area contributed by atoms with E-state index in [1.165, 1.54) is 0 Å². The fraction of sp³-hybridized carbons (Fsp3) is 0.846. The van der Waals surface area contributed by atoms with Crippen molar-refractivity contribution in [3.63, 3.8) is 0 Å². The van der Waals surface area contributed by atoms with Crippen molar-refractivity contribution in [2.45, 2.75) is 64.8 Å². The maximum Gasteiger partial charge on any atom is 0.311 e. The molecule has 1 aliphatic carbocycles. The van der Waals surface area contributed by atoms with E-state index in [2.05, 4.69) is 29.4 Å². The Morgan fingerprint density at radius 3 is 2.68 bits per heavy atom. The van der Waals surface area contributed by atoms with Gasteiger partial charge in [-0.1, -0.05) is 33.1 Å². The summed E-state index contributed by atoms with van der Waals surface area (Å²) in [6, 6.07) is 0. The summed E-state index contributed by atoms with van der Waals surface area (Å²) in [5.74, 6) is 0.343. The number of aromatic nitrogens is 4. The minimum atomic E-state index is -0.710. The molecule has 19 heavy (non-hydrogen) atoms. The van der Waals surface area contributed by atoms with Crippen LogP contribution in [-0.4, -0.2) is 31.3 Å². The van der Waals surface area contributed by atoms with Crippen LogP contribution >= 0.6 is 0 Å². The zero-order valence-corrected chi connectivity index (χ0v) is 11.7. The second-order valence-electron chi connectivity index (χ2n) is 5.65. The number of nitrogens with zero attached hydrogens (tertiary/aromatic N) is 4. The predicted molar refractivity (Wildman–Crippen MR) is 69.7 cm³/mol. The lowest BCUT2D eigenvalue weighted by atomic mass is 9.74. The quantitative estimate of drug-likeness (QED) is 0.883. The Morgan fingerprint density at radius 2 is 2.11 bits per heavy atom. The molecular formula is C13H22N4O2. The largest absolute Gasteiger partial charge is 0.481 e. The van der Waals surface area contributed by atoms with E-state index in [-0.39, 0.29) is 5.92 Å². The molecule has 1 fully saturated rings. The van der Waals surface area contributed by atoms with E-state index in [1.54, 1.807) is 4.68 Å². The van der Waals surface area contributed by atoms with Gasteiger partial charge in [0, 0.05) is 5.92 Å². The summed E-state index contributed by atoms with van der Waals surface area (Å²) < 4.78 is 1.70. The first-order valence-corrected chi connectivity index (χ1v) is 7.08. The smallest absolute Gasteiger partial charge is 0.311 e. The average molecular weight is 266 g/mol. The standard InChI is InChI=1S/C13H22N4O2/c1-3-10(2)11-14-15-16-17(11)9-13(12(18)19)7-5-4-6-8-13/h10H,3-9H2,1-2H3,(H,18,19). The van der Waals surface area contributed by atoms with Gasteiger partial charge in [-0.25, -0.2) is 4.68 Å². The Bertz CT molecular complexity index is 438. The van der Waals surface area contributed by atoms with Gasteiger partial charge in [0.1, 0.15) is 0 Å². The summed E-state index contributed by atoms with van der Waals surface area (Å²) in [6.07, 6.45) is 5.48. The average Bonchev–Trinajstić information content (AvgIpc) is 2.86. The number of carbonyl (C=O) groups is 1. The van der Waals surface area contributed by atoms with E-state index in [1.807, 2.05) is 0 Å². The van der Waals surface area contributed by atoms with Crippen LogP contribution in [0.5, 0.6) is 0 Å². The van der Waals surface area contributed by atoms with Crippen LogP contribution in [0.25, 0.3) is 0 Å². The lowest BCUT2D eigenvalue weighted by molar-refractivity contribution is -0.152. The molecule has 0 aliphatic heterocycles. The Kier molecular flexibility index (Phi) is 4.17. The number of carboxylic acid groups (broad SMARTS) is 1. The molecule has 0 aromatic carbocycles. The highest BCUT2D eigenvalue weighted by molar-refractivity contribution is 5.74. The molecule has 1 atom stereocenters. The fourth-order valence-corrected chi connectivity index (χ4v) is 2.81. The lowest BCUT2D eigenvalue weighted by Gasteiger charge is -2.33. The molecule has 6 heteroatoms. The molecule has 0 saturated heterocycles. The third-order valence-corrected chi connectivity index (χ3v) is 4.33. The second kappa shape index (κ2) is 5.67. The van der Waals surface area contributed by atoms with Gasteiger partial charge >= 0.3 is 5.97 Å². The molecule has 0 amide bonds. The Morgan fingerprint density at radius 1 is 1.42 bits per heavy atom. The second-order valence-corrected chi connectivity index (χ2v) is 5.65. The van der Waals surface area contributed by atoms with E-state index in [9.17, 15) is 9.90 Å². The molecular weight excluding hydrogens is 244 g/mol. The fourth-order valence-electron chi connectivity index (χ4n) is 2.81. The SMILES string of the molecule is CCC(C)c1nnnn1CC1(C(=O)O)CCCCC1. The van der Waals surface area contributed by atoms with Crippen molar-refractivity contribution < 1.29 is 9.90 Å². The monoisotopic (exact) mass is 266 g/mol. The molecule has 1 N–H and O–H groups in total. The third-order valence-electron chi connectivity index (χ3n) is 4.33. The van der Waals surface area contributed by atoms with Crippen molar-refractivity contribution in [3.05, 3.63) is 5.82 Å². The van der Waals surface area contributed by atoms with Gasteiger partial charge in [-0.15, -0.1) is 5.10 Å². The minimum absolute atomic E-state index is 0.254.